The molecule has 2 unspecified atom stereocenters. The minimum absolute atomic E-state index is 0.00866. The highest BCUT2D eigenvalue weighted by Gasteiger charge is 2.42. The molecular weight excluding hydrogens is 637 g/mol. The van der Waals surface area contributed by atoms with Gasteiger partial charge in [0.2, 0.25) is 0 Å². The molecule has 0 radical (unpaired) electrons. The van der Waals surface area contributed by atoms with Crippen LogP contribution in [0.15, 0.2) is 39.8 Å². The van der Waals surface area contributed by atoms with Crippen LogP contribution in [0, 0.1) is 24.1 Å². The fraction of sp³-hybridized carbons (Fsp3) is 0.528. The van der Waals surface area contributed by atoms with Crippen LogP contribution in [-0.2, 0) is 24.0 Å². The number of allylic oxidation sites excluding steroid dienone is 2. The molecule has 5 rings (SSSR count). The number of ether oxygens (including phenoxy) is 1. The van der Waals surface area contributed by atoms with Gasteiger partial charge in [0.25, 0.3) is 17.7 Å². The second kappa shape index (κ2) is 16.8. The molecule has 0 saturated heterocycles. The van der Waals surface area contributed by atoms with Crippen molar-refractivity contribution in [1.82, 2.24) is 0 Å². The van der Waals surface area contributed by atoms with Gasteiger partial charge in [-0.25, -0.2) is 9.29 Å². The molecule has 2 atom stereocenters. The first-order valence-corrected chi connectivity index (χ1v) is 17.7. The molecule has 2 aliphatic carbocycles. The SMILES string of the molecule is C#CCN1C(=O)COc2cc(F)c(N3C(=O)C4=C(CCCC4)C3=O)cc21.CCC/C(=N\OCC)C1=C(O)CC(CC(C)SCC)CC1=O. The van der Waals surface area contributed by atoms with E-state index >= 15 is 0 Å². The first-order chi connectivity index (χ1) is 23.1. The number of carbonyl (C=O) groups is 4. The van der Waals surface area contributed by atoms with Gasteiger partial charge in [-0.2, -0.15) is 11.8 Å². The maximum atomic E-state index is 14.7. The van der Waals surface area contributed by atoms with E-state index in [9.17, 15) is 28.7 Å². The molecule has 2 heterocycles. The molecule has 0 saturated carbocycles. The van der Waals surface area contributed by atoms with Gasteiger partial charge >= 0.3 is 0 Å². The third-order valence-electron chi connectivity index (χ3n) is 8.57. The number of terminal acetylenes is 1. The van der Waals surface area contributed by atoms with Crippen molar-refractivity contribution in [1.29, 1.82) is 0 Å². The van der Waals surface area contributed by atoms with Gasteiger partial charge in [-0.1, -0.05) is 38.3 Å². The lowest BCUT2D eigenvalue weighted by atomic mass is 9.82. The van der Waals surface area contributed by atoms with Crippen molar-refractivity contribution in [3.63, 3.8) is 0 Å². The summed E-state index contributed by atoms with van der Waals surface area (Å²) >= 11 is 1.90. The zero-order valence-corrected chi connectivity index (χ0v) is 28.9. The highest BCUT2D eigenvalue weighted by atomic mass is 32.2. The first-order valence-electron chi connectivity index (χ1n) is 16.6. The zero-order valence-electron chi connectivity index (χ0n) is 28.1. The lowest BCUT2D eigenvalue weighted by molar-refractivity contribution is -0.121. The molecule has 2 aliphatic heterocycles. The zero-order chi connectivity index (χ0) is 35.0. The summed E-state index contributed by atoms with van der Waals surface area (Å²) in [7, 11) is 0. The summed E-state index contributed by atoms with van der Waals surface area (Å²) < 4.78 is 19.9. The van der Waals surface area contributed by atoms with Crippen LogP contribution in [0.5, 0.6) is 5.75 Å². The van der Waals surface area contributed by atoms with Gasteiger partial charge in [0.15, 0.2) is 18.2 Å². The van der Waals surface area contributed by atoms with Crippen LogP contribution in [-0.4, -0.2) is 65.1 Å². The Morgan fingerprint density at radius 3 is 2.40 bits per heavy atom. The number of ketones is 1. The lowest BCUT2D eigenvalue weighted by Gasteiger charge is -2.29. The lowest BCUT2D eigenvalue weighted by Crippen LogP contribution is -2.39. The first kappa shape index (κ1) is 36.7. The molecule has 0 aromatic heterocycles. The Balaban J connectivity index is 0.000000221. The Morgan fingerprint density at radius 1 is 1.12 bits per heavy atom. The maximum Gasteiger partial charge on any atom is 0.265 e. The number of fused-ring (bicyclic) bond motifs is 1. The van der Waals surface area contributed by atoms with E-state index in [0.29, 0.717) is 66.4 Å². The van der Waals surface area contributed by atoms with Crippen LogP contribution in [0.3, 0.4) is 0 Å². The van der Waals surface area contributed by atoms with Crippen LogP contribution in [0.25, 0.3) is 0 Å². The summed E-state index contributed by atoms with van der Waals surface area (Å²) in [5, 5.41) is 14.9. The van der Waals surface area contributed by atoms with Gasteiger partial charge in [-0.3, -0.25) is 24.1 Å². The summed E-state index contributed by atoms with van der Waals surface area (Å²) in [5.41, 5.74) is 2.00. The standard InChI is InChI=1S/C19H15FN2O4.C17H29NO3S/c1-2-7-21-15-9-14(13(20)8-16(15)26-10-17(21)23)22-18(24)11-5-3-4-6-12(11)19(22)25;1-5-8-14(18-21-6-2)17-15(19)10-13(11-16(17)20)9-12(4)22-7-3/h1,8-9H,3-7,10H2;12-13,19H,5-11H2,1-4H3/b;18-14+. The molecule has 0 spiro atoms. The van der Waals surface area contributed by atoms with Gasteiger partial charge in [-0.05, 0) is 63.2 Å². The van der Waals surface area contributed by atoms with Crippen molar-refractivity contribution >= 4 is 52.4 Å². The van der Waals surface area contributed by atoms with Crippen LogP contribution >= 0.6 is 11.8 Å². The quantitative estimate of drug-likeness (QED) is 0.123. The number of aliphatic hydroxyl groups excluding tert-OH is 1. The highest BCUT2D eigenvalue weighted by molar-refractivity contribution is 7.99. The van der Waals surface area contributed by atoms with E-state index in [1.807, 2.05) is 25.6 Å². The van der Waals surface area contributed by atoms with Crippen molar-refractivity contribution in [2.45, 2.75) is 90.7 Å². The van der Waals surface area contributed by atoms with Crippen molar-refractivity contribution in [3.8, 4) is 18.1 Å². The molecule has 4 aliphatic rings. The van der Waals surface area contributed by atoms with Gasteiger partial charge in [-0.15, -0.1) is 6.42 Å². The van der Waals surface area contributed by atoms with Crippen LogP contribution < -0.4 is 14.5 Å². The van der Waals surface area contributed by atoms with E-state index in [1.165, 1.54) is 11.0 Å². The van der Waals surface area contributed by atoms with E-state index in [-0.39, 0.29) is 53.6 Å². The Morgan fingerprint density at radius 2 is 1.81 bits per heavy atom. The van der Waals surface area contributed by atoms with E-state index in [1.54, 1.807) is 0 Å². The fourth-order valence-corrected chi connectivity index (χ4v) is 7.47. The number of oxime groups is 1. The van der Waals surface area contributed by atoms with Gasteiger partial charge < -0.3 is 14.7 Å². The summed E-state index contributed by atoms with van der Waals surface area (Å²) in [5.74, 6) is 1.93. The molecule has 258 valence electrons. The van der Waals surface area contributed by atoms with Crippen LogP contribution in [0.1, 0.15) is 85.5 Å². The molecule has 12 heteroatoms. The number of amides is 3. The smallest absolute Gasteiger partial charge is 0.265 e. The molecule has 1 aromatic rings. The Labute approximate surface area is 285 Å². The summed E-state index contributed by atoms with van der Waals surface area (Å²) in [4.78, 5) is 57.1. The molecule has 48 heavy (non-hydrogen) atoms. The average Bonchev–Trinajstić information content (AvgIpc) is 3.30. The number of anilines is 2. The number of rotatable bonds is 11. The molecule has 1 aromatic carbocycles. The van der Waals surface area contributed by atoms with Gasteiger partial charge in [0, 0.05) is 35.3 Å². The minimum Gasteiger partial charge on any atom is -0.511 e. The highest BCUT2D eigenvalue weighted by Crippen LogP contribution is 2.42. The third kappa shape index (κ3) is 8.12. The van der Waals surface area contributed by atoms with Crippen molar-refractivity contribution in [2.75, 3.05) is 35.3 Å². The van der Waals surface area contributed by atoms with E-state index < -0.39 is 17.6 Å². The predicted molar refractivity (Wildman–Crippen MR) is 185 cm³/mol. The van der Waals surface area contributed by atoms with Crippen molar-refractivity contribution < 1.29 is 38.2 Å². The summed E-state index contributed by atoms with van der Waals surface area (Å²) in [6.07, 6.45) is 11.6. The monoisotopic (exact) mass is 681 g/mol. The summed E-state index contributed by atoms with van der Waals surface area (Å²) in [6.45, 7) is 8.41. The van der Waals surface area contributed by atoms with Gasteiger partial charge in [0.05, 0.1) is 29.2 Å². The molecule has 0 bridgehead atoms. The molecule has 1 N–H and O–H groups in total. The fourth-order valence-electron chi connectivity index (χ4n) is 6.49. The number of nitrogens with zero attached hydrogens (tertiary/aromatic N) is 3. The number of thioether (sulfide) groups is 1. The molecule has 0 fully saturated rings. The summed E-state index contributed by atoms with van der Waals surface area (Å²) in [6, 6.07) is 2.37. The Bertz CT molecular complexity index is 1550. The normalized spacial score (nSPS) is 20.2. The number of halogens is 1. The van der Waals surface area contributed by atoms with E-state index in [4.69, 9.17) is 16.0 Å². The predicted octanol–water partition coefficient (Wildman–Crippen LogP) is 6.43. The number of hydrogen-bond donors (Lipinski definition) is 1. The van der Waals surface area contributed by atoms with E-state index in [0.717, 1.165) is 42.4 Å². The molecule has 10 nitrogen and oxygen atoms in total. The average molecular weight is 682 g/mol. The largest absolute Gasteiger partial charge is 0.511 e. The second-order valence-corrected chi connectivity index (χ2v) is 13.8. The topological polar surface area (TPSA) is 126 Å². The Kier molecular flexibility index (Phi) is 12.9. The van der Waals surface area contributed by atoms with Crippen molar-refractivity contribution in [2.24, 2.45) is 11.1 Å². The van der Waals surface area contributed by atoms with E-state index in [2.05, 4.69) is 24.9 Å². The number of imide groups is 1. The molecular formula is C36H44FN3O7S. The number of carbonyl (C=O) groups excluding carboxylic acids is 4. The number of Topliss-reactive ketones (excluding diaryl/α,β-unsaturated/α-hetero) is 1. The maximum absolute atomic E-state index is 14.7. The number of hydrogen-bond acceptors (Lipinski definition) is 9. The van der Waals surface area contributed by atoms with Gasteiger partial charge in [0.1, 0.15) is 18.1 Å². The third-order valence-corrected chi connectivity index (χ3v) is 9.67. The van der Waals surface area contributed by atoms with Crippen LogP contribution in [0.2, 0.25) is 0 Å². The van der Waals surface area contributed by atoms with Crippen molar-refractivity contribution in [3.05, 3.63) is 40.4 Å². The number of benzene rings is 1. The molecule has 3 amide bonds. The second-order valence-electron chi connectivity index (χ2n) is 12.1. The Hall–Kier alpha value is -4.11. The van der Waals surface area contributed by atoms with Crippen LogP contribution in [0.4, 0.5) is 15.8 Å². The number of aliphatic hydroxyl groups is 1. The minimum atomic E-state index is -0.764.